The lowest BCUT2D eigenvalue weighted by atomic mass is 10.2. The Kier molecular flexibility index (Phi) is 4.98. The summed E-state index contributed by atoms with van der Waals surface area (Å²) in [4.78, 5) is 1.18. The van der Waals surface area contributed by atoms with E-state index in [0.29, 0.717) is 0 Å². The van der Waals surface area contributed by atoms with E-state index in [0.717, 1.165) is 10.2 Å². The van der Waals surface area contributed by atoms with Crippen LogP contribution in [0.2, 0.25) is 0 Å². The number of amidine groups is 1. The van der Waals surface area contributed by atoms with Gasteiger partial charge >= 0.3 is 0 Å². The second-order valence-electron chi connectivity index (χ2n) is 3.19. The van der Waals surface area contributed by atoms with Gasteiger partial charge in [0.25, 0.3) is 0 Å². The van der Waals surface area contributed by atoms with Crippen LogP contribution >= 0.6 is 27.7 Å². The Morgan fingerprint density at radius 3 is 2.67 bits per heavy atom. The van der Waals surface area contributed by atoms with Crippen molar-refractivity contribution in [1.82, 2.24) is 0 Å². The molecule has 1 unspecified atom stereocenters. The maximum atomic E-state index is 8.49. The maximum Gasteiger partial charge on any atom is 0.142 e. The molecule has 82 valence electrons. The summed E-state index contributed by atoms with van der Waals surface area (Å²) >= 11 is 5.07. The number of hydrogen-bond donors (Lipinski definition) is 2. The molecule has 0 heterocycles. The van der Waals surface area contributed by atoms with E-state index in [1.54, 1.807) is 11.8 Å². The fourth-order valence-corrected chi connectivity index (χ4v) is 2.14. The lowest BCUT2D eigenvalue weighted by Gasteiger charge is -2.08. The summed E-state index contributed by atoms with van der Waals surface area (Å²) in [5, 5.41) is 11.5. The Hall–Kier alpha value is -0.680. The van der Waals surface area contributed by atoms with E-state index in [1.165, 1.54) is 4.90 Å². The molecule has 0 aromatic heterocycles. The minimum absolute atomic E-state index is 0.0728. The number of oxime groups is 1. The molecule has 0 spiro atoms. The zero-order valence-corrected chi connectivity index (χ0v) is 10.8. The molecule has 1 aromatic carbocycles. The van der Waals surface area contributed by atoms with Crippen molar-refractivity contribution < 1.29 is 5.21 Å². The zero-order valence-electron chi connectivity index (χ0n) is 8.35. The molecule has 0 amide bonds. The van der Waals surface area contributed by atoms with Crippen LogP contribution in [0.25, 0.3) is 0 Å². The topological polar surface area (TPSA) is 58.6 Å². The second kappa shape index (κ2) is 6.02. The van der Waals surface area contributed by atoms with E-state index in [4.69, 9.17) is 10.9 Å². The third-order valence-corrected chi connectivity index (χ3v) is 3.73. The molecule has 5 heteroatoms. The minimum Gasteiger partial charge on any atom is -0.409 e. The summed E-state index contributed by atoms with van der Waals surface area (Å²) in [6.07, 6.45) is 0. The summed E-state index contributed by atoms with van der Waals surface area (Å²) in [5.41, 5.74) is 5.48. The van der Waals surface area contributed by atoms with Crippen molar-refractivity contribution in [1.29, 1.82) is 0 Å². The lowest BCUT2D eigenvalue weighted by molar-refractivity contribution is 0.315. The van der Waals surface area contributed by atoms with Crippen molar-refractivity contribution in [2.24, 2.45) is 16.8 Å². The average molecular weight is 289 g/mol. The van der Waals surface area contributed by atoms with Crippen molar-refractivity contribution in [3.05, 3.63) is 28.7 Å². The lowest BCUT2D eigenvalue weighted by Crippen LogP contribution is -2.22. The van der Waals surface area contributed by atoms with Crippen molar-refractivity contribution in [3.63, 3.8) is 0 Å². The number of halogens is 1. The molecule has 0 radical (unpaired) electrons. The standard InChI is InChI=1S/C10H13BrN2OS/c1-7(10(12)13-14)6-15-9-4-2-8(11)3-5-9/h2-5,7,14H,6H2,1H3,(H2,12,13). The van der Waals surface area contributed by atoms with Gasteiger partial charge in [-0.15, -0.1) is 11.8 Å². The molecule has 3 nitrogen and oxygen atoms in total. The van der Waals surface area contributed by atoms with Gasteiger partial charge in [-0.05, 0) is 24.3 Å². The molecule has 0 fully saturated rings. The van der Waals surface area contributed by atoms with Gasteiger partial charge in [0.1, 0.15) is 5.84 Å². The molecule has 0 aliphatic carbocycles. The van der Waals surface area contributed by atoms with E-state index in [-0.39, 0.29) is 11.8 Å². The highest BCUT2D eigenvalue weighted by molar-refractivity contribution is 9.10. The number of nitrogens with two attached hydrogens (primary N) is 1. The van der Waals surface area contributed by atoms with Gasteiger partial charge in [0.05, 0.1) is 0 Å². The molecule has 0 aliphatic rings. The summed E-state index contributed by atoms with van der Waals surface area (Å²) < 4.78 is 1.07. The smallest absolute Gasteiger partial charge is 0.142 e. The highest BCUT2D eigenvalue weighted by Gasteiger charge is 2.07. The summed E-state index contributed by atoms with van der Waals surface area (Å²) in [6.45, 7) is 1.93. The Bertz CT molecular complexity index is 340. The predicted molar refractivity (Wildman–Crippen MR) is 67.4 cm³/mol. The molecule has 0 saturated carbocycles. The molecule has 0 saturated heterocycles. The second-order valence-corrected chi connectivity index (χ2v) is 5.20. The molecule has 1 rings (SSSR count). The largest absolute Gasteiger partial charge is 0.409 e. The number of nitrogens with zero attached hydrogens (tertiary/aromatic N) is 1. The van der Waals surface area contributed by atoms with Crippen LogP contribution in [-0.4, -0.2) is 16.8 Å². The molecule has 0 bridgehead atoms. The maximum absolute atomic E-state index is 8.49. The number of thioether (sulfide) groups is 1. The fourth-order valence-electron chi connectivity index (χ4n) is 0.936. The molecule has 3 N–H and O–H groups in total. The first kappa shape index (κ1) is 12.4. The zero-order chi connectivity index (χ0) is 11.3. The minimum atomic E-state index is 0.0728. The molecule has 1 aromatic rings. The van der Waals surface area contributed by atoms with Gasteiger partial charge in [0.2, 0.25) is 0 Å². The van der Waals surface area contributed by atoms with Crippen molar-refractivity contribution in [3.8, 4) is 0 Å². The van der Waals surface area contributed by atoms with Gasteiger partial charge in [0.15, 0.2) is 0 Å². The first-order chi connectivity index (χ1) is 7.13. The first-order valence-electron chi connectivity index (χ1n) is 4.49. The molecule has 1 atom stereocenters. The normalized spacial score (nSPS) is 13.9. The van der Waals surface area contributed by atoms with Crippen LogP contribution < -0.4 is 5.73 Å². The third kappa shape index (κ3) is 4.13. The Balaban J connectivity index is 2.47. The van der Waals surface area contributed by atoms with Gasteiger partial charge in [0, 0.05) is 21.0 Å². The first-order valence-corrected chi connectivity index (χ1v) is 6.27. The highest BCUT2D eigenvalue weighted by Crippen LogP contribution is 2.22. The molecule has 0 aliphatic heterocycles. The van der Waals surface area contributed by atoms with Crippen molar-refractivity contribution in [2.45, 2.75) is 11.8 Å². The van der Waals surface area contributed by atoms with Gasteiger partial charge in [-0.2, -0.15) is 0 Å². The fraction of sp³-hybridized carbons (Fsp3) is 0.300. The van der Waals surface area contributed by atoms with Crippen LogP contribution in [-0.2, 0) is 0 Å². The van der Waals surface area contributed by atoms with E-state index in [2.05, 4.69) is 21.1 Å². The van der Waals surface area contributed by atoms with Gasteiger partial charge in [-0.25, -0.2) is 0 Å². The Morgan fingerprint density at radius 2 is 2.13 bits per heavy atom. The Morgan fingerprint density at radius 1 is 1.53 bits per heavy atom. The number of hydrogen-bond acceptors (Lipinski definition) is 3. The van der Waals surface area contributed by atoms with Crippen LogP contribution in [0.15, 0.2) is 38.8 Å². The molecular weight excluding hydrogens is 276 g/mol. The Labute approximate surface area is 102 Å². The van der Waals surface area contributed by atoms with E-state index >= 15 is 0 Å². The van der Waals surface area contributed by atoms with Gasteiger partial charge in [-0.3, -0.25) is 0 Å². The van der Waals surface area contributed by atoms with Crippen LogP contribution in [0.5, 0.6) is 0 Å². The van der Waals surface area contributed by atoms with Crippen molar-refractivity contribution >= 4 is 33.5 Å². The summed E-state index contributed by atoms with van der Waals surface area (Å²) in [6, 6.07) is 8.06. The predicted octanol–water partition coefficient (Wildman–Crippen LogP) is 2.92. The summed E-state index contributed by atoms with van der Waals surface area (Å²) in [7, 11) is 0. The molecule has 15 heavy (non-hydrogen) atoms. The van der Waals surface area contributed by atoms with Crippen LogP contribution in [0, 0.1) is 5.92 Å². The average Bonchev–Trinajstić information content (AvgIpc) is 2.26. The third-order valence-electron chi connectivity index (χ3n) is 1.93. The highest BCUT2D eigenvalue weighted by atomic mass is 79.9. The number of benzene rings is 1. The van der Waals surface area contributed by atoms with Gasteiger partial charge in [-0.1, -0.05) is 28.0 Å². The SMILES string of the molecule is CC(CSc1ccc(Br)cc1)/C(N)=N/O. The number of rotatable bonds is 4. The van der Waals surface area contributed by atoms with Crippen LogP contribution in [0.1, 0.15) is 6.92 Å². The van der Waals surface area contributed by atoms with E-state index in [9.17, 15) is 0 Å². The van der Waals surface area contributed by atoms with Crippen LogP contribution in [0.3, 0.4) is 0 Å². The van der Waals surface area contributed by atoms with E-state index in [1.807, 2.05) is 31.2 Å². The quantitative estimate of drug-likeness (QED) is 0.294. The summed E-state index contributed by atoms with van der Waals surface area (Å²) in [5.74, 6) is 1.15. The molecular formula is C10H13BrN2OS. The van der Waals surface area contributed by atoms with Crippen molar-refractivity contribution in [2.75, 3.05) is 5.75 Å². The van der Waals surface area contributed by atoms with Crippen LogP contribution in [0.4, 0.5) is 0 Å². The monoisotopic (exact) mass is 288 g/mol. The van der Waals surface area contributed by atoms with Gasteiger partial charge < -0.3 is 10.9 Å². The van der Waals surface area contributed by atoms with E-state index < -0.39 is 0 Å².